The molecular weight excluding hydrogens is 168 g/mol. The Morgan fingerprint density at radius 2 is 2.31 bits per heavy atom. The normalized spacial score (nSPS) is 10.5. The third kappa shape index (κ3) is 0.989. The number of ether oxygens (including phenoxy) is 1. The van der Waals surface area contributed by atoms with Crippen LogP contribution in [0.1, 0.15) is 0 Å². The topological polar surface area (TPSA) is 71.3 Å². The molecule has 2 aromatic rings. The number of nitrogen functional groups attached to an aromatic ring is 1. The number of hydrogen-bond acceptors (Lipinski definition) is 3. The van der Waals surface area contributed by atoms with Crippen molar-refractivity contribution in [3.05, 3.63) is 18.3 Å². The molecule has 0 amide bonds. The molecule has 4 N–H and O–H groups in total. The Morgan fingerprint density at radius 3 is 3.00 bits per heavy atom. The fourth-order valence-corrected chi connectivity index (χ4v) is 1.39. The molecule has 4 heteroatoms. The number of hydrogen-bond donors (Lipinski definition) is 3. The van der Waals surface area contributed by atoms with E-state index in [-0.39, 0.29) is 5.75 Å². The summed E-state index contributed by atoms with van der Waals surface area (Å²) in [5.74, 6) is 0.408. The highest BCUT2D eigenvalue weighted by Gasteiger charge is 2.11. The van der Waals surface area contributed by atoms with Crippen molar-refractivity contribution in [1.29, 1.82) is 0 Å². The Balaban J connectivity index is 2.87. The predicted molar refractivity (Wildman–Crippen MR) is 50.9 cm³/mol. The summed E-state index contributed by atoms with van der Waals surface area (Å²) >= 11 is 0. The third-order valence-corrected chi connectivity index (χ3v) is 2.02. The second-order valence-electron chi connectivity index (χ2n) is 2.79. The van der Waals surface area contributed by atoms with Crippen molar-refractivity contribution >= 4 is 16.6 Å². The molecule has 0 aliphatic rings. The largest absolute Gasteiger partial charge is 0.503 e. The van der Waals surface area contributed by atoms with Crippen molar-refractivity contribution in [3.63, 3.8) is 0 Å². The van der Waals surface area contributed by atoms with Crippen molar-refractivity contribution in [2.45, 2.75) is 0 Å². The number of fused-ring (bicyclic) bond motifs is 1. The number of benzene rings is 1. The number of rotatable bonds is 1. The minimum absolute atomic E-state index is 0.00500. The number of nitrogens with one attached hydrogen (secondary N) is 1. The molecule has 0 bridgehead atoms. The van der Waals surface area contributed by atoms with E-state index in [0.29, 0.717) is 11.4 Å². The van der Waals surface area contributed by atoms with Crippen LogP contribution in [0.2, 0.25) is 0 Å². The number of phenolic OH excluding ortho intramolecular Hbond substituents is 1. The second kappa shape index (κ2) is 2.58. The van der Waals surface area contributed by atoms with E-state index in [9.17, 15) is 5.11 Å². The zero-order chi connectivity index (χ0) is 9.42. The molecule has 1 heterocycles. The minimum atomic E-state index is -0.00500. The first kappa shape index (κ1) is 7.79. The number of aromatic nitrogens is 1. The maximum absolute atomic E-state index is 9.55. The Bertz CT molecular complexity index is 448. The smallest absolute Gasteiger partial charge is 0.182 e. The summed E-state index contributed by atoms with van der Waals surface area (Å²) in [6.07, 6.45) is 1.77. The van der Waals surface area contributed by atoms with Gasteiger partial charge >= 0.3 is 0 Å². The van der Waals surface area contributed by atoms with Crippen molar-refractivity contribution in [3.8, 4) is 11.5 Å². The fraction of sp³-hybridized carbons (Fsp3) is 0.111. The van der Waals surface area contributed by atoms with Gasteiger partial charge in [-0.25, -0.2) is 0 Å². The molecule has 0 saturated carbocycles. The van der Waals surface area contributed by atoms with Crippen molar-refractivity contribution in [1.82, 2.24) is 4.98 Å². The number of nitrogens with two attached hydrogens (primary N) is 1. The third-order valence-electron chi connectivity index (χ3n) is 2.02. The maximum Gasteiger partial charge on any atom is 0.182 e. The minimum Gasteiger partial charge on any atom is -0.503 e. The van der Waals surface area contributed by atoms with E-state index in [4.69, 9.17) is 10.5 Å². The average molecular weight is 178 g/mol. The fourth-order valence-electron chi connectivity index (χ4n) is 1.39. The summed E-state index contributed by atoms with van der Waals surface area (Å²) in [5, 5.41) is 10.4. The SMILES string of the molecule is COc1c(O)c(N)cc2[nH]ccc12. The van der Waals surface area contributed by atoms with Gasteiger partial charge < -0.3 is 20.6 Å². The van der Waals surface area contributed by atoms with Gasteiger partial charge in [0, 0.05) is 11.6 Å². The zero-order valence-electron chi connectivity index (χ0n) is 7.16. The lowest BCUT2D eigenvalue weighted by Gasteiger charge is -2.06. The molecule has 0 unspecified atom stereocenters. The molecule has 2 rings (SSSR count). The number of aromatic amines is 1. The Hall–Kier alpha value is -1.84. The number of methoxy groups -OCH3 is 1. The van der Waals surface area contributed by atoms with Gasteiger partial charge in [0.15, 0.2) is 11.5 Å². The average Bonchev–Trinajstić information content (AvgIpc) is 2.54. The first-order chi connectivity index (χ1) is 6.24. The zero-order valence-corrected chi connectivity index (χ0v) is 7.16. The predicted octanol–water partition coefficient (Wildman–Crippen LogP) is 1.46. The van der Waals surface area contributed by atoms with Gasteiger partial charge in [0.1, 0.15) is 0 Å². The van der Waals surface area contributed by atoms with E-state index in [0.717, 1.165) is 10.9 Å². The molecule has 4 nitrogen and oxygen atoms in total. The monoisotopic (exact) mass is 178 g/mol. The van der Waals surface area contributed by atoms with Gasteiger partial charge in [-0.1, -0.05) is 0 Å². The van der Waals surface area contributed by atoms with Crippen LogP contribution in [-0.4, -0.2) is 17.2 Å². The van der Waals surface area contributed by atoms with Crippen LogP contribution in [0.4, 0.5) is 5.69 Å². The molecule has 1 aromatic heterocycles. The van der Waals surface area contributed by atoms with Gasteiger partial charge in [0.05, 0.1) is 18.3 Å². The molecule has 0 atom stereocenters. The molecule has 0 saturated heterocycles. The van der Waals surface area contributed by atoms with Crippen LogP contribution in [0.5, 0.6) is 11.5 Å². The van der Waals surface area contributed by atoms with Crippen LogP contribution in [0.3, 0.4) is 0 Å². The van der Waals surface area contributed by atoms with Crippen LogP contribution in [0, 0.1) is 0 Å². The molecule has 0 aliphatic heterocycles. The lowest BCUT2D eigenvalue weighted by Crippen LogP contribution is -1.90. The highest BCUT2D eigenvalue weighted by Crippen LogP contribution is 2.38. The molecule has 0 fully saturated rings. The lowest BCUT2D eigenvalue weighted by atomic mass is 10.2. The van der Waals surface area contributed by atoms with Gasteiger partial charge in [-0.3, -0.25) is 0 Å². The number of aromatic hydroxyl groups is 1. The molecule has 0 spiro atoms. The van der Waals surface area contributed by atoms with Crippen LogP contribution in [0.15, 0.2) is 18.3 Å². The van der Waals surface area contributed by atoms with E-state index < -0.39 is 0 Å². The summed E-state index contributed by atoms with van der Waals surface area (Å²) in [4.78, 5) is 2.99. The van der Waals surface area contributed by atoms with E-state index in [1.54, 1.807) is 12.3 Å². The van der Waals surface area contributed by atoms with Crippen molar-refractivity contribution in [2.75, 3.05) is 12.8 Å². The molecule has 68 valence electrons. The second-order valence-corrected chi connectivity index (χ2v) is 2.79. The number of H-pyrrole nitrogens is 1. The Morgan fingerprint density at radius 1 is 1.54 bits per heavy atom. The molecule has 0 radical (unpaired) electrons. The lowest BCUT2D eigenvalue weighted by molar-refractivity contribution is 0.379. The van der Waals surface area contributed by atoms with Gasteiger partial charge in [-0.15, -0.1) is 0 Å². The summed E-state index contributed by atoms with van der Waals surface area (Å²) in [5.41, 5.74) is 6.74. The summed E-state index contributed by atoms with van der Waals surface area (Å²) in [7, 11) is 1.50. The van der Waals surface area contributed by atoms with Gasteiger partial charge in [0.2, 0.25) is 0 Å². The quantitative estimate of drug-likeness (QED) is 0.457. The number of anilines is 1. The van der Waals surface area contributed by atoms with Crippen LogP contribution in [-0.2, 0) is 0 Å². The van der Waals surface area contributed by atoms with E-state index >= 15 is 0 Å². The van der Waals surface area contributed by atoms with Crippen molar-refractivity contribution < 1.29 is 9.84 Å². The first-order valence-corrected chi connectivity index (χ1v) is 3.86. The van der Waals surface area contributed by atoms with Crippen LogP contribution in [0.25, 0.3) is 10.9 Å². The molecule has 1 aromatic carbocycles. The van der Waals surface area contributed by atoms with Gasteiger partial charge in [-0.05, 0) is 12.1 Å². The van der Waals surface area contributed by atoms with E-state index in [1.807, 2.05) is 6.07 Å². The summed E-state index contributed by atoms with van der Waals surface area (Å²) in [6.45, 7) is 0. The first-order valence-electron chi connectivity index (χ1n) is 3.86. The van der Waals surface area contributed by atoms with Crippen molar-refractivity contribution in [2.24, 2.45) is 0 Å². The van der Waals surface area contributed by atoms with E-state index in [1.165, 1.54) is 7.11 Å². The standard InChI is InChI=1S/C9H10N2O2/c1-13-9-5-2-3-11-7(5)4-6(10)8(9)12/h2-4,11-12H,10H2,1H3. The Kier molecular flexibility index (Phi) is 1.55. The van der Waals surface area contributed by atoms with Crippen LogP contribution >= 0.6 is 0 Å². The maximum atomic E-state index is 9.55. The van der Waals surface area contributed by atoms with Gasteiger partial charge in [0.25, 0.3) is 0 Å². The number of phenols is 1. The van der Waals surface area contributed by atoms with Crippen LogP contribution < -0.4 is 10.5 Å². The molecule has 13 heavy (non-hydrogen) atoms. The molecular formula is C9H10N2O2. The summed E-state index contributed by atoms with van der Waals surface area (Å²) in [6, 6.07) is 3.50. The summed E-state index contributed by atoms with van der Waals surface area (Å²) < 4.78 is 5.05. The van der Waals surface area contributed by atoms with Gasteiger partial charge in [-0.2, -0.15) is 0 Å². The molecule has 0 aliphatic carbocycles. The highest BCUT2D eigenvalue weighted by atomic mass is 16.5. The highest BCUT2D eigenvalue weighted by molar-refractivity contribution is 5.92. The van der Waals surface area contributed by atoms with E-state index in [2.05, 4.69) is 4.98 Å². The Labute approximate surface area is 74.9 Å².